The number of aliphatic imine (C=N–C) groups is 1. The van der Waals surface area contributed by atoms with Crippen molar-refractivity contribution in [2.45, 2.75) is 52.7 Å². The first-order valence-corrected chi connectivity index (χ1v) is 7.38. The molecule has 1 aromatic carbocycles. The van der Waals surface area contributed by atoms with Crippen molar-refractivity contribution in [2.75, 3.05) is 0 Å². The standard InChI is InChI=1S/C16H20ClNO3/c1-6-12(14-18-16(4,5)15(19)21-14)20-11-7-9(2)13(17)10(3)8-11/h7-8,12H,6H2,1-5H3. The largest absolute Gasteiger partial charge is 0.481 e. The summed E-state index contributed by atoms with van der Waals surface area (Å²) in [5.41, 5.74) is 1.07. The lowest BCUT2D eigenvalue weighted by Gasteiger charge is -2.17. The number of halogens is 1. The average Bonchev–Trinajstić information content (AvgIpc) is 2.67. The number of aryl methyl sites for hydroxylation is 2. The molecule has 2 rings (SSSR count). The predicted octanol–water partition coefficient (Wildman–Crippen LogP) is 3.85. The third-order valence-electron chi connectivity index (χ3n) is 3.42. The summed E-state index contributed by atoms with van der Waals surface area (Å²) in [7, 11) is 0. The van der Waals surface area contributed by atoms with Gasteiger partial charge in [0.2, 0.25) is 5.90 Å². The fourth-order valence-corrected chi connectivity index (χ4v) is 2.26. The summed E-state index contributed by atoms with van der Waals surface area (Å²) in [6, 6.07) is 3.75. The van der Waals surface area contributed by atoms with Crippen molar-refractivity contribution >= 4 is 23.5 Å². The second-order valence-electron chi connectivity index (χ2n) is 5.78. The first-order valence-electron chi connectivity index (χ1n) is 7.00. The molecule has 0 saturated heterocycles. The smallest absolute Gasteiger partial charge is 0.340 e. The van der Waals surface area contributed by atoms with Crippen LogP contribution < -0.4 is 4.74 Å². The molecule has 21 heavy (non-hydrogen) atoms. The van der Waals surface area contributed by atoms with E-state index in [9.17, 15) is 4.79 Å². The lowest BCUT2D eigenvalue weighted by Crippen LogP contribution is -2.28. The van der Waals surface area contributed by atoms with Gasteiger partial charge in [-0.3, -0.25) is 0 Å². The highest BCUT2D eigenvalue weighted by atomic mass is 35.5. The molecule has 1 unspecified atom stereocenters. The van der Waals surface area contributed by atoms with E-state index in [1.54, 1.807) is 13.8 Å². The Bertz CT molecular complexity index is 585. The van der Waals surface area contributed by atoms with Crippen LogP contribution in [0.2, 0.25) is 5.02 Å². The van der Waals surface area contributed by atoms with Gasteiger partial charge in [-0.05, 0) is 57.4 Å². The zero-order chi connectivity index (χ0) is 15.8. The van der Waals surface area contributed by atoms with Crippen LogP contribution in [0.3, 0.4) is 0 Å². The fourth-order valence-electron chi connectivity index (χ4n) is 2.15. The minimum atomic E-state index is -0.835. The number of hydrogen-bond acceptors (Lipinski definition) is 4. The molecular weight excluding hydrogens is 290 g/mol. The highest BCUT2D eigenvalue weighted by molar-refractivity contribution is 6.32. The number of cyclic esters (lactones) is 1. The van der Waals surface area contributed by atoms with E-state index in [2.05, 4.69) is 4.99 Å². The van der Waals surface area contributed by atoms with Crippen LogP contribution in [0.1, 0.15) is 38.3 Å². The Hall–Kier alpha value is -1.55. The minimum absolute atomic E-state index is 0.344. The minimum Gasteiger partial charge on any atom is -0.481 e. The van der Waals surface area contributed by atoms with Gasteiger partial charge in [0.05, 0.1) is 0 Å². The van der Waals surface area contributed by atoms with Crippen molar-refractivity contribution in [1.29, 1.82) is 0 Å². The van der Waals surface area contributed by atoms with E-state index in [1.807, 2.05) is 32.9 Å². The van der Waals surface area contributed by atoms with Gasteiger partial charge in [-0.25, -0.2) is 9.79 Å². The van der Waals surface area contributed by atoms with Gasteiger partial charge in [0.25, 0.3) is 0 Å². The molecule has 4 nitrogen and oxygen atoms in total. The van der Waals surface area contributed by atoms with E-state index in [0.717, 1.165) is 16.1 Å². The summed E-state index contributed by atoms with van der Waals surface area (Å²) in [6.07, 6.45) is 0.277. The van der Waals surface area contributed by atoms with Gasteiger partial charge in [0, 0.05) is 5.02 Å². The summed E-state index contributed by atoms with van der Waals surface area (Å²) < 4.78 is 11.2. The third kappa shape index (κ3) is 3.21. The van der Waals surface area contributed by atoms with Crippen LogP contribution in [0, 0.1) is 13.8 Å². The van der Waals surface area contributed by atoms with E-state index < -0.39 is 5.54 Å². The number of benzene rings is 1. The van der Waals surface area contributed by atoms with Crippen molar-refractivity contribution in [3.63, 3.8) is 0 Å². The molecule has 5 heteroatoms. The molecular formula is C16H20ClNO3. The van der Waals surface area contributed by atoms with Crippen LogP contribution in [0.15, 0.2) is 17.1 Å². The van der Waals surface area contributed by atoms with Crippen molar-refractivity contribution in [1.82, 2.24) is 0 Å². The van der Waals surface area contributed by atoms with Crippen LogP contribution in [0.4, 0.5) is 0 Å². The monoisotopic (exact) mass is 309 g/mol. The van der Waals surface area contributed by atoms with Gasteiger partial charge in [-0.2, -0.15) is 0 Å². The molecule has 0 N–H and O–H groups in total. The van der Waals surface area contributed by atoms with Gasteiger partial charge in [-0.1, -0.05) is 18.5 Å². The number of esters is 1. The predicted molar refractivity (Wildman–Crippen MR) is 83.2 cm³/mol. The number of rotatable bonds is 4. The number of hydrogen-bond donors (Lipinski definition) is 0. The normalized spacial score (nSPS) is 18.2. The molecule has 1 atom stereocenters. The van der Waals surface area contributed by atoms with Gasteiger partial charge in [-0.15, -0.1) is 0 Å². The topological polar surface area (TPSA) is 47.9 Å². The molecule has 0 bridgehead atoms. The van der Waals surface area contributed by atoms with Crippen LogP contribution in [-0.2, 0) is 9.53 Å². The lowest BCUT2D eigenvalue weighted by atomic mass is 10.1. The van der Waals surface area contributed by atoms with E-state index >= 15 is 0 Å². The Morgan fingerprint density at radius 2 is 1.90 bits per heavy atom. The SMILES string of the molecule is CCC(Oc1cc(C)c(Cl)c(C)c1)C1=NC(C)(C)C(=O)O1. The maximum atomic E-state index is 11.7. The zero-order valence-electron chi connectivity index (χ0n) is 13.0. The second-order valence-corrected chi connectivity index (χ2v) is 6.16. The van der Waals surface area contributed by atoms with Crippen LogP contribution in [-0.4, -0.2) is 23.5 Å². The van der Waals surface area contributed by atoms with Crippen LogP contribution in [0.25, 0.3) is 0 Å². The summed E-state index contributed by atoms with van der Waals surface area (Å²) >= 11 is 6.16. The zero-order valence-corrected chi connectivity index (χ0v) is 13.7. The van der Waals surface area contributed by atoms with E-state index in [-0.39, 0.29) is 12.1 Å². The molecule has 1 aliphatic heterocycles. The molecule has 0 saturated carbocycles. The Labute approximate surface area is 130 Å². The molecule has 1 aliphatic rings. The molecule has 0 aromatic heterocycles. The molecule has 0 fully saturated rings. The first kappa shape index (κ1) is 15.8. The number of carbonyl (C=O) groups is 1. The van der Waals surface area contributed by atoms with Crippen LogP contribution in [0.5, 0.6) is 5.75 Å². The van der Waals surface area contributed by atoms with Crippen LogP contribution >= 0.6 is 11.6 Å². The maximum absolute atomic E-state index is 11.7. The van der Waals surface area contributed by atoms with Crippen molar-refractivity contribution in [2.24, 2.45) is 4.99 Å². The molecule has 1 aromatic rings. The number of carbonyl (C=O) groups excluding carboxylic acids is 1. The highest BCUT2D eigenvalue weighted by Gasteiger charge is 2.40. The Morgan fingerprint density at radius 3 is 2.33 bits per heavy atom. The van der Waals surface area contributed by atoms with Gasteiger partial charge < -0.3 is 9.47 Å². The fraction of sp³-hybridized carbons (Fsp3) is 0.500. The second kappa shape index (κ2) is 5.68. The summed E-state index contributed by atoms with van der Waals surface area (Å²) in [4.78, 5) is 16.0. The number of ether oxygens (including phenoxy) is 2. The molecule has 0 spiro atoms. The molecule has 0 aliphatic carbocycles. The van der Waals surface area contributed by atoms with Gasteiger partial charge in [0.15, 0.2) is 11.6 Å². The third-order valence-corrected chi connectivity index (χ3v) is 4.02. The Kier molecular flexibility index (Phi) is 4.28. The highest BCUT2D eigenvalue weighted by Crippen LogP contribution is 2.28. The van der Waals surface area contributed by atoms with E-state index in [0.29, 0.717) is 18.1 Å². The summed E-state index contributed by atoms with van der Waals surface area (Å²) in [5.74, 6) is 0.700. The quantitative estimate of drug-likeness (QED) is 0.794. The molecule has 0 radical (unpaired) electrons. The Morgan fingerprint density at radius 1 is 1.33 bits per heavy atom. The lowest BCUT2D eigenvalue weighted by molar-refractivity contribution is -0.138. The molecule has 1 heterocycles. The summed E-state index contributed by atoms with van der Waals surface area (Å²) in [5, 5.41) is 0.737. The molecule has 0 amide bonds. The van der Waals surface area contributed by atoms with E-state index in [4.69, 9.17) is 21.1 Å². The van der Waals surface area contributed by atoms with Gasteiger partial charge >= 0.3 is 5.97 Å². The number of nitrogens with zero attached hydrogens (tertiary/aromatic N) is 1. The van der Waals surface area contributed by atoms with Crippen molar-refractivity contribution in [3.8, 4) is 5.75 Å². The van der Waals surface area contributed by atoms with Crippen molar-refractivity contribution < 1.29 is 14.3 Å². The van der Waals surface area contributed by atoms with Gasteiger partial charge in [0.1, 0.15) is 5.75 Å². The maximum Gasteiger partial charge on any atom is 0.340 e. The molecule has 114 valence electrons. The first-order chi connectivity index (χ1) is 9.74. The Balaban J connectivity index is 2.23. The van der Waals surface area contributed by atoms with Crippen molar-refractivity contribution in [3.05, 3.63) is 28.3 Å². The average molecular weight is 310 g/mol. The summed E-state index contributed by atoms with van der Waals surface area (Å²) in [6.45, 7) is 9.28. The van der Waals surface area contributed by atoms with E-state index in [1.165, 1.54) is 0 Å².